The van der Waals surface area contributed by atoms with Gasteiger partial charge in [0.1, 0.15) is 5.51 Å². The van der Waals surface area contributed by atoms with E-state index in [9.17, 15) is 14.9 Å². The lowest BCUT2D eigenvalue weighted by Gasteiger charge is -2.07. The van der Waals surface area contributed by atoms with Crippen LogP contribution in [0.4, 0.5) is 11.5 Å². The number of hydrogen-bond acceptors (Lipinski definition) is 7. The van der Waals surface area contributed by atoms with E-state index in [1.54, 1.807) is 0 Å². The third-order valence-electron chi connectivity index (χ3n) is 2.19. The first kappa shape index (κ1) is 12.4. The van der Waals surface area contributed by atoms with Gasteiger partial charge in [-0.05, 0) is 5.92 Å². The van der Waals surface area contributed by atoms with Crippen molar-refractivity contribution < 1.29 is 4.92 Å². The largest absolute Gasteiger partial charge is 0.377 e. The van der Waals surface area contributed by atoms with Gasteiger partial charge in [0.15, 0.2) is 0 Å². The number of nitrogens with zero attached hydrogens (tertiary/aromatic N) is 4. The average molecular weight is 269 g/mol. The fraction of sp³-hybridized carbons (Fsp3) is 0.444. The molecule has 0 amide bonds. The van der Waals surface area contributed by atoms with Gasteiger partial charge in [0.2, 0.25) is 10.8 Å². The molecular formula is C9H11N5O3S. The lowest BCUT2D eigenvalue weighted by molar-refractivity contribution is -0.385. The summed E-state index contributed by atoms with van der Waals surface area (Å²) in [5.41, 5.74) is 0.0798. The summed E-state index contributed by atoms with van der Waals surface area (Å²) >= 11 is 1.15. The molecule has 0 bridgehead atoms. The lowest BCUT2D eigenvalue weighted by atomic mass is 10.2. The van der Waals surface area contributed by atoms with Crippen molar-refractivity contribution in [2.24, 2.45) is 5.92 Å². The van der Waals surface area contributed by atoms with Gasteiger partial charge in [-0.25, -0.2) is 0 Å². The standard InChI is InChI=1S/C9H11N5O3S/c1-5(2)3-10-7-6(14(16)17)8(15)13-9(12-7)18-4-11-13/h4-5,10H,3H2,1-2H3. The Balaban J connectivity index is 2.58. The molecule has 96 valence electrons. The summed E-state index contributed by atoms with van der Waals surface area (Å²) in [6.45, 7) is 4.41. The monoisotopic (exact) mass is 269 g/mol. The van der Waals surface area contributed by atoms with Crippen LogP contribution in [0.2, 0.25) is 0 Å². The van der Waals surface area contributed by atoms with Crippen LogP contribution in [0.5, 0.6) is 0 Å². The Morgan fingerprint density at radius 2 is 2.33 bits per heavy atom. The highest BCUT2D eigenvalue weighted by atomic mass is 32.1. The molecule has 18 heavy (non-hydrogen) atoms. The highest BCUT2D eigenvalue weighted by Gasteiger charge is 2.24. The van der Waals surface area contributed by atoms with E-state index in [1.165, 1.54) is 5.51 Å². The minimum absolute atomic E-state index is 0.00273. The van der Waals surface area contributed by atoms with Gasteiger partial charge in [0.25, 0.3) is 0 Å². The van der Waals surface area contributed by atoms with Gasteiger partial charge in [-0.2, -0.15) is 14.6 Å². The zero-order chi connectivity index (χ0) is 13.3. The van der Waals surface area contributed by atoms with Gasteiger partial charge in [-0.15, -0.1) is 0 Å². The molecule has 0 fully saturated rings. The number of anilines is 1. The van der Waals surface area contributed by atoms with Crippen LogP contribution in [0.1, 0.15) is 13.8 Å². The van der Waals surface area contributed by atoms with Crippen molar-refractivity contribution >= 4 is 27.8 Å². The summed E-state index contributed by atoms with van der Waals surface area (Å²) < 4.78 is 0.934. The van der Waals surface area contributed by atoms with Crippen molar-refractivity contribution in [3.05, 3.63) is 26.0 Å². The van der Waals surface area contributed by atoms with Gasteiger partial charge >= 0.3 is 11.2 Å². The number of nitro groups is 1. The van der Waals surface area contributed by atoms with Gasteiger partial charge in [-0.3, -0.25) is 14.9 Å². The van der Waals surface area contributed by atoms with E-state index in [1.807, 2.05) is 13.8 Å². The van der Waals surface area contributed by atoms with Gasteiger partial charge in [0, 0.05) is 6.54 Å². The third kappa shape index (κ3) is 2.16. The topological polar surface area (TPSA) is 102 Å². The lowest BCUT2D eigenvalue weighted by Crippen LogP contribution is -2.22. The van der Waals surface area contributed by atoms with Crippen LogP contribution in [0, 0.1) is 16.0 Å². The highest BCUT2D eigenvalue weighted by Crippen LogP contribution is 2.19. The molecule has 1 N–H and O–H groups in total. The van der Waals surface area contributed by atoms with Crippen LogP contribution >= 0.6 is 11.3 Å². The Labute approximate surface area is 105 Å². The normalized spacial score (nSPS) is 11.1. The van der Waals surface area contributed by atoms with E-state index < -0.39 is 16.2 Å². The molecule has 0 atom stereocenters. The number of aromatic nitrogens is 3. The van der Waals surface area contributed by atoms with Crippen LogP contribution in [0.25, 0.3) is 4.96 Å². The van der Waals surface area contributed by atoms with Crippen molar-refractivity contribution in [2.45, 2.75) is 13.8 Å². The molecule has 8 nitrogen and oxygen atoms in total. The molecule has 0 radical (unpaired) electrons. The van der Waals surface area contributed by atoms with Crippen molar-refractivity contribution in [3.8, 4) is 0 Å². The van der Waals surface area contributed by atoms with Gasteiger partial charge in [0.05, 0.1) is 4.92 Å². The quantitative estimate of drug-likeness (QED) is 0.659. The Bertz CT molecular complexity index is 647. The average Bonchev–Trinajstić information content (AvgIpc) is 2.74. The first-order chi connectivity index (χ1) is 8.50. The van der Waals surface area contributed by atoms with Crippen molar-refractivity contribution in [1.29, 1.82) is 0 Å². The fourth-order valence-corrected chi connectivity index (χ4v) is 1.98. The van der Waals surface area contributed by atoms with Crippen LogP contribution in [-0.2, 0) is 0 Å². The first-order valence-corrected chi connectivity index (χ1v) is 6.13. The SMILES string of the molecule is CC(C)CNc1nc2scnn2c(=O)c1[N+](=O)[O-]. The summed E-state index contributed by atoms with van der Waals surface area (Å²) in [6.07, 6.45) is 0. The van der Waals surface area contributed by atoms with E-state index in [4.69, 9.17) is 0 Å². The Morgan fingerprint density at radius 3 is 2.94 bits per heavy atom. The molecule has 9 heteroatoms. The summed E-state index contributed by atoms with van der Waals surface area (Å²) in [7, 11) is 0. The molecule has 2 aromatic rings. The number of rotatable bonds is 4. The zero-order valence-corrected chi connectivity index (χ0v) is 10.6. The van der Waals surface area contributed by atoms with Crippen molar-refractivity contribution in [3.63, 3.8) is 0 Å². The number of hydrogen-bond donors (Lipinski definition) is 1. The molecule has 0 saturated heterocycles. The molecule has 2 heterocycles. The smallest absolute Gasteiger partial charge is 0.364 e. The molecule has 0 aliphatic rings. The van der Waals surface area contributed by atoms with Crippen LogP contribution in [0.15, 0.2) is 10.3 Å². The molecule has 0 saturated carbocycles. The second-order valence-electron chi connectivity index (χ2n) is 4.08. The van der Waals surface area contributed by atoms with Gasteiger partial charge in [-0.1, -0.05) is 25.2 Å². The van der Waals surface area contributed by atoms with Crippen LogP contribution in [0.3, 0.4) is 0 Å². The van der Waals surface area contributed by atoms with E-state index in [2.05, 4.69) is 15.4 Å². The fourth-order valence-electron chi connectivity index (χ4n) is 1.37. The summed E-state index contributed by atoms with van der Waals surface area (Å²) in [5.74, 6) is 0.286. The third-order valence-corrected chi connectivity index (χ3v) is 2.86. The molecule has 0 unspecified atom stereocenters. The van der Waals surface area contributed by atoms with Crippen LogP contribution < -0.4 is 10.9 Å². The second-order valence-corrected chi connectivity index (χ2v) is 4.89. The minimum Gasteiger partial charge on any atom is -0.364 e. The van der Waals surface area contributed by atoms with Crippen molar-refractivity contribution in [1.82, 2.24) is 14.6 Å². The summed E-state index contributed by atoms with van der Waals surface area (Å²) in [5, 5.41) is 17.5. The van der Waals surface area contributed by atoms with E-state index in [0.717, 1.165) is 15.9 Å². The Hall–Kier alpha value is -2.03. The summed E-state index contributed by atoms with van der Waals surface area (Å²) in [4.78, 5) is 26.5. The maximum atomic E-state index is 11.9. The molecule has 0 aromatic carbocycles. The van der Waals surface area contributed by atoms with E-state index >= 15 is 0 Å². The van der Waals surface area contributed by atoms with Crippen molar-refractivity contribution in [2.75, 3.05) is 11.9 Å². The first-order valence-electron chi connectivity index (χ1n) is 5.25. The maximum absolute atomic E-state index is 11.9. The second kappa shape index (κ2) is 4.69. The predicted octanol–water partition coefficient (Wildman–Crippen LogP) is 1.13. The van der Waals surface area contributed by atoms with E-state index in [0.29, 0.717) is 11.5 Å². The molecule has 0 aliphatic heterocycles. The summed E-state index contributed by atoms with van der Waals surface area (Å²) in [6, 6.07) is 0. The maximum Gasteiger partial charge on any atom is 0.377 e. The Kier molecular flexibility index (Phi) is 3.24. The zero-order valence-electron chi connectivity index (χ0n) is 9.78. The molecule has 2 rings (SSSR count). The molecule has 0 spiro atoms. The van der Waals surface area contributed by atoms with Gasteiger partial charge < -0.3 is 5.32 Å². The molecular weight excluding hydrogens is 258 g/mol. The molecule has 0 aliphatic carbocycles. The molecule has 2 aromatic heterocycles. The van der Waals surface area contributed by atoms with E-state index in [-0.39, 0.29) is 11.7 Å². The number of nitrogens with one attached hydrogen (secondary N) is 1. The highest BCUT2D eigenvalue weighted by molar-refractivity contribution is 7.14. The van der Waals surface area contributed by atoms with Crippen LogP contribution in [-0.4, -0.2) is 26.1 Å². The number of fused-ring (bicyclic) bond motifs is 1. The predicted molar refractivity (Wildman–Crippen MR) is 67.1 cm³/mol. The Morgan fingerprint density at radius 1 is 1.61 bits per heavy atom. The minimum atomic E-state index is -0.766.